The van der Waals surface area contributed by atoms with Crippen molar-refractivity contribution >= 4 is 47.2 Å². The summed E-state index contributed by atoms with van der Waals surface area (Å²) in [5, 5.41) is 12.1. The van der Waals surface area contributed by atoms with Gasteiger partial charge in [-0.2, -0.15) is 0 Å². The Bertz CT molecular complexity index is 1190. The van der Waals surface area contributed by atoms with Crippen LogP contribution < -0.4 is 10.1 Å². The highest BCUT2D eigenvalue weighted by atomic mass is 35.5. The molecule has 15 heteroatoms. The second-order valence-electron chi connectivity index (χ2n) is 8.54. The van der Waals surface area contributed by atoms with E-state index in [-0.39, 0.29) is 13.2 Å². The molecule has 1 amide bonds. The van der Waals surface area contributed by atoms with Crippen LogP contribution in [0.4, 0.5) is 0 Å². The molecule has 1 fully saturated rings. The first-order chi connectivity index (χ1) is 18.4. The van der Waals surface area contributed by atoms with Crippen molar-refractivity contribution in [3.05, 3.63) is 35.1 Å². The molecule has 1 N–H and O–H groups in total. The van der Waals surface area contributed by atoms with Crippen LogP contribution in [0.25, 0.3) is 0 Å². The number of hydrogen-bond donors (Lipinski definition) is 1. The summed E-state index contributed by atoms with van der Waals surface area (Å²) in [5.74, 6) is -1.31. The van der Waals surface area contributed by atoms with Crippen LogP contribution in [0.5, 0.6) is 5.75 Å². The molecule has 0 saturated carbocycles. The topological polar surface area (TPSA) is 157 Å². The maximum absolute atomic E-state index is 12.1. The first kappa shape index (κ1) is 30.2. The lowest BCUT2D eigenvalue weighted by atomic mass is 9.97. The van der Waals surface area contributed by atoms with Gasteiger partial charge in [-0.3, -0.25) is 19.2 Å². The highest BCUT2D eigenvalue weighted by Gasteiger charge is 2.51. The zero-order chi connectivity index (χ0) is 28.7. The van der Waals surface area contributed by atoms with E-state index in [9.17, 15) is 19.2 Å². The quantitative estimate of drug-likeness (QED) is 0.319. The van der Waals surface area contributed by atoms with Gasteiger partial charge in [0.15, 0.2) is 23.2 Å². The van der Waals surface area contributed by atoms with Gasteiger partial charge in [0.2, 0.25) is 5.91 Å². The zero-order valence-electron chi connectivity index (χ0n) is 21.9. The van der Waals surface area contributed by atoms with Crippen LogP contribution in [0, 0.1) is 0 Å². The number of nitrogens with zero attached hydrogens (tertiary/aromatic N) is 3. The lowest BCUT2D eigenvalue weighted by molar-refractivity contribution is -0.211. The molecule has 1 aromatic heterocycles. The number of rotatable bonds is 10. The maximum atomic E-state index is 12.1. The predicted octanol–water partition coefficient (Wildman–Crippen LogP) is 1.80. The highest BCUT2D eigenvalue weighted by molar-refractivity contribution is 7.99. The fourth-order valence-electron chi connectivity index (χ4n) is 3.75. The molecule has 2 aromatic rings. The lowest BCUT2D eigenvalue weighted by Crippen LogP contribution is -2.65. The van der Waals surface area contributed by atoms with E-state index in [4.69, 9.17) is 35.3 Å². The summed E-state index contributed by atoms with van der Waals surface area (Å²) in [6.07, 6.45) is -3.36. The second kappa shape index (κ2) is 13.6. The van der Waals surface area contributed by atoms with E-state index in [1.807, 2.05) is 0 Å². The molecular formula is C24H29ClN4O9S. The van der Waals surface area contributed by atoms with Gasteiger partial charge in [0.1, 0.15) is 36.5 Å². The van der Waals surface area contributed by atoms with Gasteiger partial charge in [-0.25, -0.2) is 0 Å². The van der Waals surface area contributed by atoms with E-state index >= 15 is 0 Å². The van der Waals surface area contributed by atoms with Crippen molar-refractivity contribution in [3.8, 4) is 5.75 Å². The van der Waals surface area contributed by atoms with Gasteiger partial charge in [0, 0.05) is 39.8 Å². The average Bonchev–Trinajstić information content (AvgIpc) is 3.19. The summed E-state index contributed by atoms with van der Waals surface area (Å²) in [4.78, 5) is 47.6. The zero-order valence-corrected chi connectivity index (χ0v) is 23.5. The highest BCUT2D eigenvalue weighted by Crippen LogP contribution is 2.35. The molecule has 1 aliphatic heterocycles. The summed E-state index contributed by atoms with van der Waals surface area (Å²) in [6.45, 7) is 4.67. The number of amides is 1. The fourth-order valence-corrected chi connectivity index (χ4v) is 5.00. The van der Waals surface area contributed by atoms with Crippen molar-refractivity contribution in [2.75, 3.05) is 6.61 Å². The minimum atomic E-state index is -1.18. The molecule has 13 nitrogen and oxygen atoms in total. The minimum absolute atomic E-state index is 0.103. The van der Waals surface area contributed by atoms with Crippen LogP contribution in [-0.2, 0) is 51.8 Å². The van der Waals surface area contributed by atoms with Gasteiger partial charge in [-0.15, -0.1) is 10.2 Å². The number of aromatic nitrogens is 3. The van der Waals surface area contributed by atoms with Crippen LogP contribution in [-0.4, -0.2) is 75.0 Å². The fraction of sp³-hybridized carbons (Fsp3) is 0.500. The van der Waals surface area contributed by atoms with E-state index < -0.39 is 53.6 Å². The summed E-state index contributed by atoms with van der Waals surface area (Å²) in [7, 11) is 1.72. The molecule has 0 unspecified atom stereocenters. The number of nitrogens with one attached hydrogen (secondary N) is 1. The monoisotopic (exact) mass is 584 g/mol. The van der Waals surface area contributed by atoms with E-state index in [1.165, 1.54) is 27.7 Å². The van der Waals surface area contributed by atoms with Gasteiger partial charge >= 0.3 is 17.9 Å². The standard InChI is InChI=1S/C24H29ClN4O9S/c1-12(30)26-20-22(37-15(4)33)21(36-14(3)32)18(10-34-13(2)31)38-23(20)39-24-28-27-19(29(24)5)11-35-17-8-6-16(25)7-9-17/h6-9,18,20-23H,10-11H2,1-5H3,(H,26,30)/t18-,20+,21+,22+,23+/m0/s1. The smallest absolute Gasteiger partial charge is 0.303 e. The van der Waals surface area contributed by atoms with Crippen molar-refractivity contribution in [1.82, 2.24) is 20.1 Å². The molecule has 3 rings (SSSR count). The summed E-state index contributed by atoms with van der Waals surface area (Å²) in [5.41, 5.74) is -0.918. The summed E-state index contributed by atoms with van der Waals surface area (Å²) in [6, 6.07) is 5.87. The molecule has 0 bridgehead atoms. The molecule has 0 aliphatic carbocycles. The first-order valence-electron chi connectivity index (χ1n) is 11.8. The Balaban J connectivity index is 1.88. The van der Waals surface area contributed by atoms with Crippen molar-refractivity contribution in [1.29, 1.82) is 0 Å². The molecule has 1 saturated heterocycles. The second-order valence-corrected chi connectivity index (χ2v) is 10.0. The third-order valence-corrected chi connectivity index (χ3v) is 6.85. The molecule has 5 atom stereocenters. The largest absolute Gasteiger partial charge is 0.486 e. The van der Waals surface area contributed by atoms with Crippen molar-refractivity contribution < 1.29 is 42.9 Å². The van der Waals surface area contributed by atoms with Crippen molar-refractivity contribution in [3.63, 3.8) is 0 Å². The van der Waals surface area contributed by atoms with Crippen molar-refractivity contribution in [2.45, 2.75) is 69.2 Å². The maximum Gasteiger partial charge on any atom is 0.303 e. The first-order valence-corrected chi connectivity index (χ1v) is 13.0. The van der Waals surface area contributed by atoms with E-state index in [1.54, 1.807) is 35.9 Å². The number of carbonyl (C=O) groups is 4. The molecule has 39 heavy (non-hydrogen) atoms. The van der Waals surface area contributed by atoms with E-state index in [2.05, 4.69) is 15.5 Å². The van der Waals surface area contributed by atoms with Gasteiger partial charge in [-0.05, 0) is 24.3 Å². The molecule has 0 radical (unpaired) electrons. The number of esters is 3. The Morgan fingerprint density at radius 2 is 1.64 bits per heavy atom. The summed E-state index contributed by atoms with van der Waals surface area (Å²) >= 11 is 6.99. The number of halogens is 1. The molecule has 212 valence electrons. The van der Waals surface area contributed by atoms with E-state index in [0.717, 1.165) is 11.8 Å². The van der Waals surface area contributed by atoms with Gasteiger partial charge < -0.3 is 33.6 Å². The van der Waals surface area contributed by atoms with Crippen LogP contribution in [0.15, 0.2) is 29.4 Å². The Hall–Kier alpha value is -3.36. The van der Waals surface area contributed by atoms with Crippen LogP contribution in [0.1, 0.15) is 33.5 Å². The number of benzene rings is 1. The Kier molecular flexibility index (Phi) is 10.5. The molecule has 1 aromatic carbocycles. The number of carbonyl (C=O) groups excluding carboxylic acids is 4. The third kappa shape index (κ3) is 8.57. The molecule has 2 heterocycles. The summed E-state index contributed by atoms with van der Waals surface area (Å²) < 4.78 is 29.6. The van der Waals surface area contributed by atoms with Crippen LogP contribution >= 0.6 is 23.4 Å². The van der Waals surface area contributed by atoms with E-state index in [0.29, 0.717) is 21.8 Å². The lowest BCUT2D eigenvalue weighted by Gasteiger charge is -2.44. The molecular weight excluding hydrogens is 556 g/mol. The number of thioether (sulfide) groups is 1. The van der Waals surface area contributed by atoms with Crippen molar-refractivity contribution in [2.24, 2.45) is 7.05 Å². The Morgan fingerprint density at radius 3 is 2.23 bits per heavy atom. The number of ether oxygens (including phenoxy) is 5. The Labute approximate surface area is 233 Å². The van der Waals surface area contributed by atoms with Crippen LogP contribution in [0.3, 0.4) is 0 Å². The number of hydrogen-bond acceptors (Lipinski definition) is 12. The normalized spacial score (nSPS) is 22.5. The predicted molar refractivity (Wildman–Crippen MR) is 137 cm³/mol. The SMILES string of the molecule is CC(=O)N[C@@H]1[C@@H](OC(C)=O)[C@H](OC(C)=O)[C@H](COC(C)=O)O[C@@H]1Sc1nnc(COc2ccc(Cl)cc2)n1C. The third-order valence-electron chi connectivity index (χ3n) is 5.40. The van der Waals surface area contributed by atoms with Gasteiger partial charge in [0.05, 0.1) is 0 Å². The molecule has 1 aliphatic rings. The van der Waals surface area contributed by atoms with Gasteiger partial charge in [-0.1, -0.05) is 23.4 Å². The molecule has 0 spiro atoms. The average molecular weight is 585 g/mol. The minimum Gasteiger partial charge on any atom is -0.486 e. The Morgan fingerprint density at radius 1 is 1.00 bits per heavy atom. The van der Waals surface area contributed by atoms with Gasteiger partial charge in [0.25, 0.3) is 0 Å². The van der Waals surface area contributed by atoms with Crippen LogP contribution in [0.2, 0.25) is 5.02 Å².